The molecule has 0 aliphatic heterocycles. The highest BCUT2D eigenvalue weighted by molar-refractivity contribution is 5.98. The van der Waals surface area contributed by atoms with E-state index in [4.69, 9.17) is 33.5 Å². The van der Waals surface area contributed by atoms with Crippen molar-refractivity contribution in [2.24, 2.45) is 0 Å². The van der Waals surface area contributed by atoms with Crippen LogP contribution in [-0.4, -0.2) is 93.0 Å². The monoisotopic (exact) mass is 583 g/mol. The zero-order valence-corrected chi connectivity index (χ0v) is 25.0. The second-order valence-corrected chi connectivity index (χ2v) is 11.1. The summed E-state index contributed by atoms with van der Waals surface area (Å²) in [4.78, 5) is 47.9. The number of carboxylic acid groups (broad SMARTS) is 1. The van der Waals surface area contributed by atoms with Crippen LogP contribution in [0.15, 0.2) is 18.2 Å². The number of benzene rings is 1. The number of esters is 1. The van der Waals surface area contributed by atoms with Gasteiger partial charge in [0, 0.05) is 24.3 Å². The van der Waals surface area contributed by atoms with Crippen LogP contribution in [0.3, 0.4) is 0 Å². The number of carbonyl (C=O) groups excluding carboxylic acids is 3. The maximum atomic E-state index is 12.8. The molecule has 12 heteroatoms. The van der Waals surface area contributed by atoms with Crippen molar-refractivity contribution in [3.8, 4) is 0 Å². The molecular weight excluding hydrogens is 538 g/mol. The van der Waals surface area contributed by atoms with Crippen LogP contribution in [0.1, 0.15) is 70.3 Å². The second-order valence-electron chi connectivity index (χ2n) is 11.1. The van der Waals surface area contributed by atoms with Crippen molar-refractivity contribution < 1.29 is 52.7 Å². The van der Waals surface area contributed by atoms with Gasteiger partial charge in [-0.15, -0.1) is 0 Å². The van der Waals surface area contributed by atoms with E-state index in [9.17, 15) is 19.2 Å². The minimum atomic E-state index is -1.02. The summed E-state index contributed by atoms with van der Waals surface area (Å²) in [6.07, 6.45) is -0.0532. The zero-order chi connectivity index (χ0) is 30.9. The summed E-state index contributed by atoms with van der Waals surface area (Å²) in [5.74, 6) is -1.62. The van der Waals surface area contributed by atoms with Gasteiger partial charge in [-0.3, -0.25) is 14.9 Å². The van der Waals surface area contributed by atoms with E-state index in [1.807, 2.05) is 0 Å². The molecule has 0 unspecified atom stereocenters. The Hall–Kier alpha value is -3.06. The number of amides is 1. The normalized spacial score (nSPS) is 11.7. The van der Waals surface area contributed by atoms with Crippen molar-refractivity contribution in [2.45, 2.75) is 72.0 Å². The van der Waals surface area contributed by atoms with E-state index < -0.39 is 29.2 Å². The predicted octanol–water partition coefficient (Wildman–Crippen LogP) is 4.03. The molecule has 1 rings (SSSR count). The fraction of sp³-hybridized carbons (Fsp3) is 0.655. The topological polar surface area (TPSA) is 156 Å². The molecule has 1 amide bonds. The highest BCUT2D eigenvalue weighted by Gasteiger charge is 2.21. The first-order chi connectivity index (χ1) is 19.2. The molecule has 0 heterocycles. The van der Waals surface area contributed by atoms with Gasteiger partial charge in [-0.2, -0.15) is 0 Å². The maximum Gasteiger partial charge on any atom is 0.412 e. The number of carbonyl (C=O) groups is 4. The molecule has 0 aromatic heterocycles. The average Bonchev–Trinajstić information content (AvgIpc) is 2.82. The molecule has 0 aliphatic carbocycles. The van der Waals surface area contributed by atoms with Crippen LogP contribution in [0.2, 0.25) is 0 Å². The molecule has 0 radical (unpaired) electrons. The van der Waals surface area contributed by atoms with Crippen LogP contribution in [0, 0.1) is 0 Å². The number of nitrogens with one attached hydrogen (secondary N) is 1. The van der Waals surface area contributed by atoms with Gasteiger partial charge < -0.3 is 33.5 Å². The summed E-state index contributed by atoms with van der Waals surface area (Å²) in [5, 5.41) is 11.1. The number of rotatable bonds is 19. The van der Waals surface area contributed by atoms with Gasteiger partial charge in [-0.05, 0) is 59.6 Å². The number of hydrogen-bond acceptors (Lipinski definition) is 10. The Labute approximate surface area is 241 Å². The summed E-state index contributed by atoms with van der Waals surface area (Å²) in [5.41, 5.74) is -0.180. The molecule has 12 nitrogen and oxygen atoms in total. The molecule has 41 heavy (non-hydrogen) atoms. The Morgan fingerprint density at radius 3 is 1.83 bits per heavy atom. The molecular formula is C29H45NO11. The van der Waals surface area contributed by atoms with Gasteiger partial charge in [0.2, 0.25) is 0 Å². The number of hydrogen-bond donors (Lipinski definition) is 2. The molecule has 232 valence electrons. The quantitative estimate of drug-likeness (QED) is 0.138. The van der Waals surface area contributed by atoms with Crippen molar-refractivity contribution in [3.05, 3.63) is 29.3 Å². The van der Waals surface area contributed by atoms with Crippen LogP contribution in [0.5, 0.6) is 0 Å². The van der Waals surface area contributed by atoms with Crippen LogP contribution >= 0.6 is 0 Å². The summed E-state index contributed by atoms with van der Waals surface area (Å²) in [6, 6.07) is 4.79. The molecule has 1 aromatic rings. The van der Waals surface area contributed by atoms with E-state index in [2.05, 4.69) is 5.32 Å². The van der Waals surface area contributed by atoms with Gasteiger partial charge in [0.25, 0.3) is 0 Å². The molecule has 0 spiro atoms. The second kappa shape index (κ2) is 18.4. The number of anilines is 1. The number of ketones is 1. The van der Waals surface area contributed by atoms with E-state index in [1.54, 1.807) is 59.7 Å². The first-order valence-electron chi connectivity index (χ1n) is 13.6. The molecule has 0 saturated heterocycles. The smallest absolute Gasteiger partial charge is 0.412 e. The van der Waals surface area contributed by atoms with Gasteiger partial charge in [0.05, 0.1) is 46.1 Å². The molecule has 0 aliphatic rings. The lowest BCUT2D eigenvalue weighted by Crippen LogP contribution is -2.28. The van der Waals surface area contributed by atoms with Gasteiger partial charge in [-0.1, -0.05) is 12.1 Å². The Balaban J connectivity index is 2.48. The number of ether oxygens (including phenoxy) is 6. The molecule has 0 atom stereocenters. The minimum absolute atomic E-state index is 0.0832. The van der Waals surface area contributed by atoms with E-state index in [-0.39, 0.29) is 38.4 Å². The largest absolute Gasteiger partial charge is 0.480 e. The molecule has 2 N–H and O–H groups in total. The van der Waals surface area contributed by atoms with E-state index in [0.29, 0.717) is 56.3 Å². The van der Waals surface area contributed by atoms with E-state index in [1.165, 1.54) is 0 Å². The lowest BCUT2D eigenvalue weighted by Gasteiger charge is -2.22. The average molecular weight is 584 g/mol. The molecule has 1 aromatic carbocycles. The van der Waals surface area contributed by atoms with Crippen molar-refractivity contribution in [1.29, 1.82) is 0 Å². The predicted molar refractivity (Wildman–Crippen MR) is 150 cm³/mol. The highest BCUT2D eigenvalue weighted by atomic mass is 16.6. The minimum Gasteiger partial charge on any atom is -0.480 e. The zero-order valence-electron chi connectivity index (χ0n) is 25.0. The number of aliphatic carboxylic acids is 1. The van der Waals surface area contributed by atoms with Crippen molar-refractivity contribution in [1.82, 2.24) is 0 Å². The Kier molecular flexibility index (Phi) is 16.1. The Morgan fingerprint density at radius 2 is 1.29 bits per heavy atom. The van der Waals surface area contributed by atoms with Crippen LogP contribution in [0.25, 0.3) is 0 Å². The molecule has 0 bridgehead atoms. The third kappa shape index (κ3) is 18.8. The summed E-state index contributed by atoms with van der Waals surface area (Å²) >= 11 is 0. The Morgan fingerprint density at radius 1 is 0.756 bits per heavy atom. The van der Waals surface area contributed by atoms with E-state index in [0.717, 1.165) is 0 Å². The summed E-state index contributed by atoms with van der Waals surface area (Å²) in [6.45, 7) is 12.5. The van der Waals surface area contributed by atoms with Crippen molar-refractivity contribution >= 4 is 29.5 Å². The standard InChI is InChI=1S/C29H45NO11/c1-28(2,3)40-26(34)19-21-9-10-22(18-23(21)30-27(35)41-29(4,5)6)24(31)8-7-11-36-12-13-37-14-15-38-16-17-39-20-25(32)33/h9-10,18H,7-8,11-17,19-20H2,1-6H3,(H,30,35)(H,32,33). The van der Waals surface area contributed by atoms with Crippen molar-refractivity contribution in [2.75, 3.05) is 58.2 Å². The molecule has 0 fully saturated rings. The van der Waals surface area contributed by atoms with Gasteiger partial charge in [-0.25, -0.2) is 9.59 Å². The van der Waals surface area contributed by atoms with Gasteiger partial charge in [0.1, 0.15) is 17.8 Å². The van der Waals surface area contributed by atoms with Gasteiger partial charge in [0.15, 0.2) is 5.78 Å². The fourth-order valence-electron chi connectivity index (χ4n) is 3.27. The fourth-order valence-corrected chi connectivity index (χ4v) is 3.27. The van der Waals surface area contributed by atoms with Gasteiger partial charge >= 0.3 is 18.0 Å². The number of Topliss-reactive ketones (excluding diaryl/α,β-unsaturated/α-hetero) is 1. The molecule has 0 saturated carbocycles. The van der Waals surface area contributed by atoms with Crippen LogP contribution in [-0.2, 0) is 44.4 Å². The van der Waals surface area contributed by atoms with E-state index >= 15 is 0 Å². The third-order valence-corrected chi connectivity index (χ3v) is 4.86. The maximum absolute atomic E-state index is 12.8. The summed E-state index contributed by atoms with van der Waals surface area (Å²) < 4.78 is 31.7. The summed E-state index contributed by atoms with van der Waals surface area (Å²) in [7, 11) is 0. The Bertz CT molecular complexity index is 980. The van der Waals surface area contributed by atoms with Crippen LogP contribution in [0.4, 0.5) is 10.5 Å². The highest BCUT2D eigenvalue weighted by Crippen LogP contribution is 2.23. The third-order valence-electron chi connectivity index (χ3n) is 4.86. The van der Waals surface area contributed by atoms with Crippen molar-refractivity contribution in [3.63, 3.8) is 0 Å². The van der Waals surface area contributed by atoms with Crippen LogP contribution < -0.4 is 5.32 Å². The number of carboxylic acids is 1. The SMILES string of the molecule is CC(C)(C)OC(=O)Cc1ccc(C(=O)CCCOCCOCCOCCOCC(=O)O)cc1NC(=O)OC(C)(C)C. The lowest BCUT2D eigenvalue weighted by atomic mass is 10.0. The lowest BCUT2D eigenvalue weighted by molar-refractivity contribution is -0.154. The first kappa shape index (κ1) is 36.0. The first-order valence-corrected chi connectivity index (χ1v) is 13.6.